The van der Waals surface area contributed by atoms with Gasteiger partial charge >= 0.3 is 0 Å². The standard InChI is InChI=1S/C11H18N4O.HI/c12-11(13-9-10-5-8-16-14-10)15-6-3-1-2-4-7-15;/h5,8H,1-4,6-7,9H2,(H2,12,13);1H. The Bertz CT molecular complexity index is 331. The zero-order valence-electron chi connectivity index (χ0n) is 9.84. The largest absolute Gasteiger partial charge is 0.370 e. The molecule has 1 fully saturated rings. The fourth-order valence-electron chi connectivity index (χ4n) is 1.88. The van der Waals surface area contributed by atoms with Crippen LogP contribution in [0.2, 0.25) is 0 Å². The average Bonchev–Trinajstić information content (AvgIpc) is 2.66. The lowest BCUT2D eigenvalue weighted by Gasteiger charge is -2.20. The van der Waals surface area contributed by atoms with Gasteiger partial charge in [0.15, 0.2) is 5.96 Å². The van der Waals surface area contributed by atoms with Crippen molar-refractivity contribution in [1.82, 2.24) is 10.1 Å². The highest BCUT2D eigenvalue weighted by Crippen LogP contribution is 2.09. The molecule has 0 saturated carbocycles. The molecular formula is C11H19IN4O. The van der Waals surface area contributed by atoms with E-state index in [4.69, 9.17) is 10.3 Å². The monoisotopic (exact) mass is 350 g/mol. The normalized spacial score (nSPS) is 17.4. The van der Waals surface area contributed by atoms with Crippen LogP contribution in [0.25, 0.3) is 0 Å². The van der Waals surface area contributed by atoms with Gasteiger partial charge in [-0.2, -0.15) is 0 Å². The smallest absolute Gasteiger partial charge is 0.191 e. The number of nitrogens with two attached hydrogens (primary N) is 1. The van der Waals surface area contributed by atoms with E-state index in [1.807, 2.05) is 0 Å². The van der Waals surface area contributed by atoms with E-state index in [2.05, 4.69) is 15.0 Å². The van der Waals surface area contributed by atoms with Crippen LogP contribution in [0, 0.1) is 0 Å². The number of hydrogen-bond acceptors (Lipinski definition) is 3. The van der Waals surface area contributed by atoms with Crippen LogP contribution >= 0.6 is 24.0 Å². The molecule has 0 bridgehead atoms. The van der Waals surface area contributed by atoms with E-state index in [0.717, 1.165) is 18.8 Å². The summed E-state index contributed by atoms with van der Waals surface area (Å²) in [5, 5.41) is 3.80. The Morgan fingerprint density at radius 2 is 2.06 bits per heavy atom. The number of rotatable bonds is 2. The quantitative estimate of drug-likeness (QED) is 0.503. The molecule has 1 aromatic rings. The van der Waals surface area contributed by atoms with E-state index in [1.54, 1.807) is 12.3 Å². The number of halogens is 1. The average molecular weight is 350 g/mol. The van der Waals surface area contributed by atoms with Crippen molar-refractivity contribution in [2.24, 2.45) is 10.7 Å². The van der Waals surface area contributed by atoms with Gasteiger partial charge in [-0.3, -0.25) is 0 Å². The number of guanidine groups is 1. The van der Waals surface area contributed by atoms with Crippen molar-refractivity contribution in [2.45, 2.75) is 32.2 Å². The highest BCUT2D eigenvalue weighted by Gasteiger charge is 2.10. The molecule has 1 aliphatic heterocycles. The topological polar surface area (TPSA) is 67.6 Å². The summed E-state index contributed by atoms with van der Waals surface area (Å²) in [6, 6.07) is 1.80. The molecule has 2 heterocycles. The van der Waals surface area contributed by atoms with E-state index in [0.29, 0.717) is 12.5 Å². The van der Waals surface area contributed by atoms with E-state index in [-0.39, 0.29) is 24.0 Å². The molecule has 2 rings (SSSR count). The Kier molecular flexibility index (Phi) is 6.31. The SMILES string of the molecule is I.NC(=NCc1ccon1)N1CCCCCC1. The predicted octanol–water partition coefficient (Wildman–Crippen LogP) is 1.98. The van der Waals surface area contributed by atoms with Crippen molar-refractivity contribution in [1.29, 1.82) is 0 Å². The molecule has 0 spiro atoms. The molecule has 1 saturated heterocycles. The fourth-order valence-corrected chi connectivity index (χ4v) is 1.88. The summed E-state index contributed by atoms with van der Waals surface area (Å²) in [5.74, 6) is 0.630. The first-order valence-corrected chi connectivity index (χ1v) is 5.80. The van der Waals surface area contributed by atoms with Gasteiger partial charge < -0.3 is 15.2 Å². The van der Waals surface area contributed by atoms with Crippen LogP contribution in [0.5, 0.6) is 0 Å². The molecule has 0 unspecified atom stereocenters. The van der Waals surface area contributed by atoms with Crippen LogP contribution < -0.4 is 5.73 Å². The van der Waals surface area contributed by atoms with Gasteiger partial charge in [-0.15, -0.1) is 24.0 Å². The van der Waals surface area contributed by atoms with E-state index >= 15 is 0 Å². The lowest BCUT2D eigenvalue weighted by atomic mass is 10.2. The first kappa shape index (κ1) is 14.3. The fraction of sp³-hybridized carbons (Fsp3) is 0.636. The van der Waals surface area contributed by atoms with E-state index in [1.165, 1.54) is 25.7 Å². The number of likely N-dealkylation sites (tertiary alicyclic amines) is 1. The van der Waals surface area contributed by atoms with Crippen molar-refractivity contribution < 1.29 is 4.52 Å². The van der Waals surface area contributed by atoms with E-state index < -0.39 is 0 Å². The van der Waals surface area contributed by atoms with Crippen LogP contribution in [0.1, 0.15) is 31.4 Å². The van der Waals surface area contributed by atoms with Crippen molar-refractivity contribution in [3.63, 3.8) is 0 Å². The minimum absolute atomic E-state index is 0. The highest BCUT2D eigenvalue weighted by atomic mass is 127. The molecule has 0 radical (unpaired) electrons. The van der Waals surface area contributed by atoms with Crippen LogP contribution in [-0.2, 0) is 6.54 Å². The Morgan fingerprint density at radius 3 is 2.65 bits per heavy atom. The summed E-state index contributed by atoms with van der Waals surface area (Å²) in [7, 11) is 0. The van der Waals surface area contributed by atoms with Gasteiger partial charge in [-0.05, 0) is 12.8 Å². The van der Waals surface area contributed by atoms with Gasteiger partial charge in [0, 0.05) is 19.2 Å². The van der Waals surface area contributed by atoms with Crippen molar-refractivity contribution in [3.8, 4) is 0 Å². The molecule has 1 aromatic heterocycles. The van der Waals surface area contributed by atoms with E-state index in [9.17, 15) is 0 Å². The van der Waals surface area contributed by atoms with Gasteiger partial charge in [0.1, 0.15) is 12.0 Å². The Morgan fingerprint density at radius 1 is 1.35 bits per heavy atom. The molecule has 0 amide bonds. The van der Waals surface area contributed by atoms with Crippen molar-refractivity contribution in [2.75, 3.05) is 13.1 Å². The Hall–Kier alpha value is -0.790. The Labute approximate surface area is 118 Å². The van der Waals surface area contributed by atoms with Gasteiger partial charge in [0.05, 0.1) is 6.54 Å². The zero-order chi connectivity index (χ0) is 11.2. The van der Waals surface area contributed by atoms with Gasteiger partial charge in [0.25, 0.3) is 0 Å². The third-order valence-electron chi connectivity index (χ3n) is 2.82. The molecule has 17 heavy (non-hydrogen) atoms. The molecule has 0 aliphatic carbocycles. The molecule has 5 nitrogen and oxygen atoms in total. The summed E-state index contributed by atoms with van der Waals surface area (Å²) in [5.41, 5.74) is 6.77. The zero-order valence-corrected chi connectivity index (χ0v) is 12.2. The lowest BCUT2D eigenvalue weighted by molar-refractivity contribution is 0.410. The molecule has 0 atom stereocenters. The first-order valence-electron chi connectivity index (χ1n) is 5.80. The van der Waals surface area contributed by atoms with Crippen LogP contribution in [0.4, 0.5) is 0 Å². The summed E-state index contributed by atoms with van der Waals surface area (Å²) in [4.78, 5) is 6.49. The second-order valence-corrected chi connectivity index (χ2v) is 4.07. The summed E-state index contributed by atoms with van der Waals surface area (Å²) >= 11 is 0. The summed E-state index contributed by atoms with van der Waals surface area (Å²) in [6.07, 6.45) is 6.56. The highest BCUT2D eigenvalue weighted by molar-refractivity contribution is 14.0. The van der Waals surface area contributed by atoms with Crippen molar-refractivity contribution >= 4 is 29.9 Å². The molecular weight excluding hydrogens is 331 g/mol. The minimum Gasteiger partial charge on any atom is -0.370 e. The predicted molar refractivity (Wildman–Crippen MR) is 77.3 cm³/mol. The van der Waals surface area contributed by atoms with Crippen LogP contribution in [0.3, 0.4) is 0 Å². The maximum Gasteiger partial charge on any atom is 0.191 e. The molecule has 96 valence electrons. The van der Waals surface area contributed by atoms with Crippen molar-refractivity contribution in [3.05, 3.63) is 18.0 Å². The molecule has 6 heteroatoms. The van der Waals surface area contributed by atoms with Crippen LogP contribution in [-0.4, -0.2) is 29.1 Å². The maximum absolute atomic E-state index is 5.95. The molecule has 0 aromatic carbocycles. The molecule has 2 N–H and O–H groups in total. The first-order chi connectivity index (χ1) is 7.86. The second kappa shape index (κ2) is 7.52. The van der Waals surface area contributed by atoms with Crippen LogP contribution in [0.15, 0.2) is 21.8 Å². The molecule has 1 aliphatic rings. The Balaban J connectivity index is 0.00000144. The maximum atomic E-state index is 5.95. The summed E-state index contributed by atoms with van der Waals surface area (Å²) in [6.45, 7) is 2.54. The third-order valence-corrected chi connectivity index (χ3v) is 2.82. The third kappa shape index (κ3) is 4.53. The second-order valence-electron chi connectivity index (χ2n) is 4.07. The van der Waals surface area contributed by atoms with Gasteiger partial charge in [0.2, 0.25) is 0 Å². The number of hydrogen-bond donors (Lipinski definition) is 1. The van der Waals surface area contributed by atoms with Gasteiger partial charge in [-0.25, -0.2) is 4.99 Å². The van der Waals surface area contributed by atoms with Gasteiger partial charge in [-0.1, -0.05) is 18.0 Å². The number of aliphatic imine (C=N–C) groups is 1. The lowest BCUT2D eigenvalue weighted by Crippen LogP contribution is -2.38. The minimum atomic E-state index is 0. The summed E-state index contributed by atoms with van der Waals surface area (Å²) < 4.78 is 4.74. The number of nitrogens with zero attached hydrogens (tertiary/aromatic N) is 3. The number of aromatic nitrogens is 1.